The van der Waals surface area contributed by atoms with Crippen molar-refractivity contribution in [2.75, 3.05) is 0 Å². The molecule has 1 atom stereocenters. The van der Waals surface area contributed by atoms with Gasteiger partial charge in [0.2, 0.25) is 6.43 Å². The summed E-state index contributed by atoms with van der Waals surface area (Å²) in [7, 11) is 0. The van der Waals surface area contributed by atoms with Crippen LogP contribution < -0.4 is 0 Å². The molecule has 0 heterocycles. The van der Waals surface area contributed by atoms with Gasteiger partial charge in [-0.15, -0.1) is 0 Å². The highest BCUT2D eigenvalue weighted by molar-refractivity contribution is 4.62. The van der Waals surface area contributed by atoms with Crippen molar-refractivity contribution >= 4 is 0 Å². The lowest BCUT2D eigenvalue weighted by Crippen LogP contribution is -2.21. The SMILES string of the molecule is CC(CC(F)F)C(F)(F)F. The third-order valence-electron chi connectivity index (χ3n) is 1.09. The summed E-state index contributed by atoms with van der Waals surface area (Å²) in [6.07, 6.45) is -8.48. The third kappa shape index (κ3) is 3.63. The minimum atomic E-state index is -4.49. The zero-order valence-electron chi connectivity index (χ0n) is 5.25. The van der Waals surface area contributed by atoms with Crippen LogP contribution in [0.2, 0.25) is 0 Å². The number of hydrogen-bond acceptors (Lipinski definition) is 0. The summed E-state index contributed by atoms with van der Waals surface area (Å²) >= 11 is 0. The Balaban J connectivity index is 3.73. The van der Waals surface area contributed by atoms with Gasteiger partial charge in [0.15, 0.2) is 0 Å². The second kappa shape index (κ2) is 3.16. The van der Waals surface area contributed by atoms with Crippen LogP contribution in [-0.4, -0.2) is 12.6 Å². The molecule has 0 spiro atoms. The Morgan fingerprint density at radius 3 is 1.70 bits per heavy atom. The summed E-state index contributed by atoms with van der Waals surface area (Å²) in [5.41, 5.74) is 0. The molecule has 0 aromatic rings. The van der Waals surface area contributed by atoms with Gasteiger partial charge in [0, 0.05) is 6.42 Å². The molecule has 0 nitrogen and oxygen atoms in total. The van der Waals surface area contributed by atoms with Gasteiger partial charge in [-0.3, -0.25) is 0 Å². The van der Waals surface area contributed by atoms with Crippen molar-refractivity contribution in [3.63, 3.8) is 0 Å². The molecule has 0 aliphatic carbocycles. The number of alkyl halides is 5. The van der Waals surface area contributed by atoms with Gasteiger partial charge in [-0.1, -0.05) is 6.92 Å². The summed E-state index contributed by atoms with van der Waals surface area (Å²) in [5, 5.41) is 0. The fraction of sp³-hybridized carbons (Fsp3) is 1.00. The lowest BCUT2D eigenvalue weighted by molar-refractivity contribution is -0.178. The first kappa shape index (κ1) is 9.65. The van der Waals surface area contributed by atoms with Crippen LogP contribution in [0.3, 0.4) is 0 Å². The molecule has 1 unspecified atom stereocenters. The van der Waals surface area contributed by atoms with Gasteiger partial charge in [0.1, 0.15) is 0 Å². The van der Waals surface area contributed by atoms with Crippen LogP contribution in [0.5, 0.6) is 0 Å². The molecule has 5 heteroatoms. The van der Waals surface area contributed by atoms with Crippen molar-refractivity contribution in [3.05, 3.63) is 0 Å². The van der Waals surface area contributed by atoms with Crippen LogP contribution >= 0.6 is 0 Å². The first-order valence-corrected chi connectivity index (χ1v) is 2.69. The minimum absolute atomic E-state index is 0.742. The van der Waals surface area contributed by atoms with Gasteiger partial charge in [0.25, 0.3) is 0 Å². The highest BCUT2D eigenvalue weighted by Crippen LogP contribution is 2.29. The molecule has 62 valence electrons. The average molecular weight is 162 g/mol. The zero-order valence-corrected chi connectivity index (χ0v) is 5.25. The lowest BCUT2D eigenvalue weighted by atomic mass is 10.1. The Labute approximate surface area is 55.0 Å². The van der Waals surface area contributed by atoms with Crippen LogP contribution in [0.25, 0.3) is 0 Å². The fourth-order valence-electron chi connectivity index (χ4n) is 0.401. The molecule has 0 saturated carbocycles. The molecular weight excluding hydrogens is 155 g/mol. The lowest BCUT2D eigenvalue weighted by Gasteiger charge is -2.13. The molecule has 0 saturated heterocycles. The normalized spacial score (nSPS) is 15.9. The number of halogens is 5. The van der Waals surface area contributed by atoms with Crippen molar-refractivity contribution in [2.24, 2.45) is 5.92 Å². The molecule has 0 N–H and O–H groups in total. The van der Waals surface area contributed by atoms with Crippen molar-refractivity contribution in [3.8, 4) is 0 Å². The second-order valence-corrected chi connectivity index (χ2v) is 2.07. The quantitative estimate of drug-likeness (QED) is 0.547. The Kier molecular flexibility index (Phi) is 3.05. The van der Waals surface area contributed by atoms with Gasteiger partial charge < -0.3 is 0 Å². The van der Waals surface area contributed by atoms with Crippen molar-refractivity contribution in [2.45, 2.75) is 25.9 Å². The predicted octanol–water partition coefficient (Wildman–Crippen LogP) is 2.84. The first-order chi connectivity index (χ1) is 4.34. The molecule has 0 amide bonds. The molecule has 0 rings (SSSR count). The molecule has 0 aliphatic heterocycles. The maximum atomic E-state index is 11.5. The topological polar surface area (TPSA) is 0 Å². The predicted molar refractivity (Wildman–Crippen MR) is 25.8 cm³/mol. The second-order valence-electron chi connectivity index (χ2n) is 2.07. The van der Waals surface area contributed by atoms with E-state index in [2.05, 4.69) is 0 Å². The average Bonchev–Trinajstić information content (AvgIpc) is 1.60. The van der Waals surface area contributed by atoms with E-state index in [1.165, 1.54) is 0 Å². The maximum Gasteiger partial charge on any atom is 0.391 e. The molecule has 0 aliphatic rings. The van der Waals surface area contributed by atoms with Gasteiger partial charge in [0.05, 0.1) is 5.92 Å². The van der Waals surface area contributed by atoms with Crippen molar-refractivity contribution in [1.29, 1.82) is 0 Å². The van der Waals surface area contributed by atoms with E-state index in [9.17, 15) is 22.0 Å². The monoisotopic (exact) mass is 162 g/mol. The van der Waals surface area contributed by atoms with Crippen molar-refractivity contribution < 1.29 is 22.0 Å². The number of hydrogen-bond donors (Lipinski definition) is 0. The van der Waals surface area contributed by atoms with Gasteiger partial charge in [-0.05, 0) is 0 Å². The summed E-state index contributed by atoms with van der Waals surface area (Å²) in [4.78, 5) is 0. The van der Waals surface area contributed by atoms with Crippen LogP contribution in [0.15, 0.2) is 0 Å². The Morgan fingerprint density at radius 1 is 1.20 bits per heavy atom. The minimum Gasteiger partial charge on any atom is -0.211 e. The Hall–Kier alpha value is -0.350. The van der Waals surface area contributed by atoms with Crippen LogP contribution in [0.4, 0.5) is 22.0 Å². The third-order valence-corrected chi connectivity index (χ3v) is 1.09. The first-order valence-electron chi connectivity index (χ1n) is 2.69. The smallest absolute Gasteiger partial charge is 0.211 e. The van der Waals surface area contributed by atoms with Crippen LogP contribution in [0, 0.1) is 5.92 Å². The molecule has 0 radical (unpaired) electrons. The molecule has 0 aromatic carbocycles. The highest BCUT2D eigenvalue weighted by atomic mass is 19.4. The summed E-state index contributed by atoms with van der Waals surface area (Å²) in [6.45, 7) is 0.742. The van der Waals surface area contributed by atoms with Crippen molar-refractivity contribution in [1.82, 2.24) is 0 Å². The van der Waals surface area contributed by atoms with E-state index < -0.39 is 24.9 Å². The maximum absolute atomic E-state index is 11.5. The largest absolute Gasteiger partial charge is 0.391 e. The van der Waals surface area contributed by atoms with Crippen LogP contribution in [-0.2, 0) is 0 Å². The molecule has 0 aromatic heterocycles. The van der Waals surface area contributed by atoms with E-state index in [-0.39, 0.29) is 0 Å². The number of rotatable bonds is 2. The van der Waals surface area contributed by atoms with Crippen LogP contribution in [0.1, 0.15) is 13.3 Å². The molecule has 10 heavy (non-hydrogen) atoms. The van der Waals surface area contributed by atoms with E-state index in [0.717, 1.165) is 6.92 Å². The van der Waals surface area contributed by atoms with E-state index in [1.807, 2.05) is 0 Å². The highest BCUT2D eigenvalue weighted by Gasteiger charge is 2.37. The van der Waals surface area contributed by atoms with Gasteiger partial charge >= 0.3 is 6.18 Å². The van der Waals surface area contributed by atoms with E-state index >= 15 is 0 Å². The summed E-state index contributed by atoms with van der Waals surface area (Å²) in [6, 6.07) is 0. The van der Waals surface area contributed by atoms with E-state index in [0.29, 0.717) is 0 Å². The Bertz CT molecular complexity index is 94.7. The zero-order chi connectivity index (χ0) is 8.36. The fourth-order valence-corrected chi connectivity index (χ4v) is 0.401. The summed E-state index contributed by atoms with van der Waals surface area (Å²) < 4.78 is 57.1. The Morgan fingerprint density at radius 2 is 1.60 bits per heavy atom. The van der Waals surface area contributed by atoms with E-state index in [4.69, 9.17) is 0 Å². The molecular formula is C5H7F5. The van der Waals surface area contributed by atoms with Gasteiger partial charge in [-0.2, -0.15) is 13.2 Å². The molecule has 0 bridgehead atoms. The van der Waals surface area contributed by atoms with E-state index in [1.54, 1.807) is 0 Å². The molecule has 0 fully saturated rings. The van der Waals surface area contributed by atoms with Gasteiger partial charge in [-0.25, -0.2) is 8.78 Å². The summed E-state index contributed by atoms with van der Waals surface area (Å²) in [5.74, 6) is -1.91. The standard InChI is InChI=1S/C5H7F5/c1-3(2-4(6)7)5(8,9)10/h3-4H,2H2,1H3.